The zero-order valence-electron chi connectivity index (χ0n) is 21.7. The number of fused-ring (bicyclic) bond motifs is 1. The molecule has 204 valence electrons. The fourth-order valence-electron chi connectivity index (χ4n) is 4.93. The van der Waals surface area contributed by atoms with Gasteiger partial charge in [-0.15, -0.1) is 5.10 Å². The van der Waals surface area contributed by atoms with E-state index < -0.39 is 6.09 Å². The van der Waals surface area contributed by atoms with Crippen molar-refractivity contribution in [2.45, 2.75) is 57.8 Å². The molecule has 5 rings (SSSR count). The van der Waals surface area contributed by atoms with Crippen LogP contribution < -0.4 is 32.3 Å². The number of aromatic nitrogens is 4. The van der Waals surface area contributed by atoms with E-state index in [0.29, 0.717) is 47.3 Å². The summed E-state index contributed by atoms with van der Waals surface area (Å²) in [6.07, 6.45) is 5.19. The van der Waals surface area contributed by atoms with Gasteiger partial charge in [0.15, 0.2) is 11.5 Å². The first-order valence-electron chi connectivity index (χ1n) is 13.0. The minimum absolute atomic E-state index is 0.0437. The van der Waals surface area contributed by atoms with Crippen molar-refractivity contribution in [3.8, 4) is 0 Å². The number of nitrogens with one attached hydrogen (secondary N) is 3. The van der Waals surface area contributed by atoms with E-state index in [4.69, 9.17) is 32.8 Å². The van der Waals surface area contributed by atoms with E-state index in [9.17, 15) is 4.79 Å². The molecule has 0 radical (unpaired) electrons. The van der Waals surface area contributed by atoms with Crippen LogP contribution in [0.2, 0.25) is 5.02 Å². The molecule has 1 saturated carbocycles. The van der Waals surface area contributed by atoms with Crippen molar-refractivity contribution < 1.29 is 9.53 Å². The summed E-state index contributed by atoms with van der Waals surface area (Å²) < 4.78 is 6.53. The highest BCUT2D eigenvalue weighted by Gasteiger charge is 2.31. The number of amides is 1. The second kappa shape index (κ2) is 11.2. The van der Waals surface area contributed by atoms with E-state index in [1.165, 1.54) is 7.11 Å². The summed E-state index contributed by atoms with van der Waals surface area (Å²) in [7, 11) is 1.38. The van der Waals surface area contributed by atoms with Crippen LogP contribution in [-0.4, -0.2) is 58.0 Å². The van der Waals surface area contributed by atoms with Crippen LogP contribution in [0.1, 0.15) is 43.9 Å². The number of piperidine rings is 1. The van der Waals surface area contributed by atoms with Crippen LogP contribution in [0.25, 0.3) is 5.65 Å². The average Bonchev–Trinajstić information content (AvgIpc) is 3.65. The van der Waals surface area contributed by atoms with E-state index >= 15 is 0 Å². The molecule has 3 aromatic rings. The van der Waals surface area contributed by atoms with Crippen molar-refractivity contribution in [3.63, 3.8) is 0 Å². The average molecular weight is 543 g/mol. The van der Waals surface area contributed by atoms with Crippen LogP contribution in [0, 0.1) is 5.92 Å². The minimum Gasteiger partial charge on any atom is -0.453 e. The number of methoxy groups -OCH3 is 1. The lowest BCUT2D eigenvalue weighted by atomic mass is 9.89. The number of alkyl carbamates (subject to hydrolysis) is 1. The van der Waals surface area contributed by atoms with E-state index in [1.54, 1.807) is 10.7 Å². The second-order valence-corrected chi connectivity index (χ2v) is 10.2. The Hall–Kier alpha value is -3.35. The number of benzene rings is 1. The summed E-state index contributed by atoms with van der Waals surface area (Å²) in [6, 6.07) is 4.38. The SMILES string of the molecule is CC[C@H]1CN(c2cc(CN)cc(Nc3nc(NC4CC4)c4ncc(CN)n4n3)c2Cl)CC[C@H]1NC(=O)OC. The number of anilines is 4. The lowest BCUT2D eigenvalue weighted by Gasteiger charge is -2.40. The summed E-state index contributed by atoms with van der Waals surface area (Å²) in [5.41, 5.74) is 15.9. The number of hydrogen-bond acceptors (Lipinski definition) is 10. The van der Waals surface area contributed by atoms with E-state index in [1.807, 2.05) is 12.1 Å². The van der Waals surface area contributed by atoms with Gasteiger partial charge in [0.2, 0.25) is 5.95 Å². The number of halogens is 1. The van der Waals surface area contributed by atoms with E-state index in [2.05, 4.69) is 37.9 Å². The number of imidazole rings is 1. The highest BCUT2D eigenvalue weighted by Crippen LogP contribution is 2.38. The van der Waals surface area contributed by atoms with Gasteiger partial charge in [-0.1, -0.05) is 18.5 Å². The van der Waals surface area contributed by atoms with Gasteiger partial charge in [-0.25, -0.2) is 14.3 Å². The van der Waals surface area contributed by atoms with Gasteiger partial charge in [0.1, 0.15) is 0 Å². The first-order chi connectivity index (χ1) is 18.4. The molecule has 7 N–H and O–H groups in total. The van der Waals surface area contributed by atoms with Gasteiger partial charge in [0.25, 0.3) is 0 Å². The van der Waals surface area contributed by atoms with Crippen molar-refractivity contribution in [3.05, 3.63) is 34.6 Å². The van der Waals surface area contributed by atoms with E-state index in [0.717, 1.165) is 55.7 Å². The maximum atomic E-state index is 11.8. The van der Waals surface area contributed by atoms with Crippen LogP contribution in [-0.2, 0) is 17.8 Å². The van der Waals surface area contributed by atoms with Gasteiger partial charge in [-0.3, -0.25) is 0 Å². The Labute approximate surface area is 226 Å². The Morgan fingerprint density at radius 2 is 2.05 bits per heavy atom. The predicted octanol–water partition coefficient (Wildman–Crippen LogP) is 2.97. The molecule has 38 heavy (non-hydrogen) atoms. The van der Waals surface area contributed by atoms with Gasteiger partial charge < -0.3 is 37.1 Å². The van der Waals surface area contributed by atoms with Crippen molar-refractivity contribution >= 4 is 46.5 Å². The molecule has 13 heteroatoms. The Balaban J connectivity index is 1.45. The molecule has 0 bridgehead atoms. The molecule has 2 fully saturated rings. The summed E-state index contributed by atoms with van der Waals surface area (Å²) >= 11 is 7.00. The Bertz CT molecular complexity index is 1310. The van der Waals surface area contributed by atoms with Gasteiger partial charge in [-0.2, -0.15) is 4.98 Å². The zero-order chi connectivity index (χ0) is 26.8. The van der Waals surface area contributed by atoms with Crippen molar-refractivity contribution in [1.82, 2.24) is 24.9 Å². The molecule has 1 aliphatic heterocycles. The molecule has 0 unspecified atom stereocenters. The number of nitrogens with two attached hydrogens (primary N) is 2. The number of carbonyl (C=O) groups excluding carboxylic acids is 1. The number of carbonyl (C=O) groups is 1. The number of hydrogen-bond donors (Lipinski definition) is 5. The molecule has 2 aromatic heterocycles. The Kier molecular flexibility index (Phi) is 7.73. The first-order valence-corrected chi connectivity index (χ1v) is 13.4. The third kappa shape index (κ3) is 5.42. The maximum absolute atomic E-state index is 11.8. The van der Waals surface area contributed by atoms with Crippen molar-refractivity contribution in [2.75, 3.05) is 35.7 Å². The van der Waals surface area contributed by atoms with E-state index in [-0.39, 0.29) is 12.0 Å². The fraction of sp³-hybridized carbons (Fsp3) is 0.520. The monoisotopic (exact) mass is 542 g/mol. The Morgan fingerprint density at radius 1 is 1.24 bits per heavy atom. The molecule has 12 nitrogen and oxygen atoms in total. The molecular formula is C25H35ClN10O2. The van der Waals surface area contributed by atoms with Gasteiger partial charge >= 0.3 is 6.09 Å². The highest BCUT2D eigenvalue weighted by molar-refractivity contribution is 6.36. The molecule has 0 spiro atoms. The van der Waals surface area contributed by atoms with Gasteiger partial charge in [0, 0.05) is 38.3 Å². The quantitative estimate of drug-likeness (QED) is 0.272. The molecular weight excluding hydrogens is 508 g/mol. The van der Waals surface area contributed by atoms with Gasteiger partial charge in [0.05, 0.1) is 35.4 Å². The molecule has 1 saturated heterocycles. The minimum atomic E-state index is -0.403. The van der Waals surface area contributed by atoms with Crippen molar-refractivity contribution in [2.24, 2.45) is 17.4 Å². The second-order valence-electron chi connectivity index (χ2n) is 9.84. The predicted molar refractivity (Wildman–Crippen MR) is 148 cm³/mol. The summed E-state index contributed by atoms with van der Waals surface area (Å²) in [5, 5.41) is 15.0. The zero-order valence-corrected chi connectivity index (χ0v) is 22.5. The van der Waals surface area contributed by atoms with Crippen LogP contribution >= 0.6 is 11.6 Å². The molecule has 2 atom stereocenters. The fourth-order valence-corrected chi connectivity index (χ4v) is 5.20. The van der Waals surface area contributed by atoms with Crippen LogP contribution in [0.5, 0.6) is 0 Å². The third-order valence-electron chi connectivity index (χ3n) is 7.24. The molecule has 2 aliphatic rings. The lowest BCUT2D eigenvalue weighted by Crippen LogP contribution is -2.51. The summed E-state index contributed by atoms with van der Waals surface area (Å²) in [6.45, 7) is 4.24. The lowest BCUT2D eigenvalue weighted by molar-refractivity contribution is 0.158. The summed E-state index contributed by atoms with van der Waals surface area (Å²) in [4.78, 5) is 23.3. The number of rotatable bonds is 9. The standard InChI is InChI=1S/C25H35ClN10O2/c1-3-15-13-35(7-6-18(15)32-25(37)38-2)20-9-14(10-27)8-19(21(20)26)31-24-33-22(30-16-4-5-16)23-29-12-17(11-28)36(23)34-24/h8-9,12,15-16,18H,3-7,10-11,13,27-28H2,1-2H3,(H,32,37)(H2,30,31,33,34)/t15-,18+/m0/s1. The number of nitrogens with zero attached hydrogens (tertiary/aromatic N) is 5. The topological polar surface area (TPSA) is 161 Å². The maximum Gasteiger partial charge on any atom is 0.407 e. The first kappa shape index (κ1) is 26.3. The molecule has 3 heterocycles. The molecule has 1 aromatic carbocycles. The highest BCUT2D eigenvalue weighted by atomic mass is 35.5. The van der Waals surface area contributed by atoms with Crippen LogP contribution in [0.4, 0.5) is 27.9 Å². The van der Waals surface area contributed by atoms with Crippen molar-refractivity contribution in [1.29, 1.82) is 0 Å². The van der Waals surface area contributed by atoms with Crippen LogP contribution in [0.15, 0.2) is 18.3 Å². The largest absolute Gasteiger partial charge is 0.453 e. The van der Waals surface area contributed by atoms with Gasteiger partial charge in [-0.05, 0) is 49.3 Å². The number of ether oxygens (including phenoxy) is 1. The molecule has 1 amide bonds. The van der Waals surface area contributed by atoms with Crippen LogP contribution in [0.3, 0.4) is 0 Å². The smallest absolute Gasteiger partial charge is 0.407 e. The molecule has 1 aliphatic carbocycles. The summed E-state index contributed by atoms with van der Waals surface area (Å²) in [5.74, 6) is 1.28. The Morgan fingerprint density at radius 3 is 2.74 bits per heavy atom. The normalized spacial score (nSPS) is 19.4. The third-order valence-corrected chi connectivity index (χ3v) is 7.64.